The van der Waals surface area contributed by atoms with Crippen molar-refractivity contribution in [1.29, 1.82) is 0 Å². The van der Waals surface area contributed by atoms with Gasteiger partial charge in [0.05, 0.1) is 0 Å². The third kappa shape index (κ3) is 19.9. The van der Waals surface area contributed by atoms with Gasteiger partial charge < -0.3 is 20.4 Å². The van der Waals surface area contributed by atoms with Gasteiger partial charge in [-0.25, -0.2) is 0 Å². The van der Waals surface area contributed by atoms with E-state index in [1.807, 2.05) is 6.92 Å². The van der Waals surface area contributed by atoms with Crippen LogP contribution in [-0.4, -0.2) is 44.0 Å². The molecule has 1 rings (SSSR count). The Morgan fingerprint density at radius 3 is 2.21 bits per heavy atom. The summed E-state index contributed by atoms with van der Waals surface area (Å²) in [6.45, 7) is 3.55. The largest absolute Gasteiger partial charge is 0.396 e. The van der Waals surface area contributed by atoms with E-state index in [0.29, 0.717) is 31.3 Å². The summed E-state index contributed by atoms with van der Waals surface area (Å²) in [6, 6.07) is 0. The number of unbranched alkanes of at least 4 members (excludes halogenated alkanes) is 2. The number of hydrogen-bond acceptors (Lipinski definition) is 5. The maximum absolute atomic E-state index is 11.2. The minimum Gasteiger partial charge on any atom is -0.396 e. The molecule has 0 amide bonds. The van der Waals surface area contributed by atoms with Crippen LogP contribution in [0.2, 0.25) is 0 Å². The SMILES string of the molecule is CCC(=O)C1CCCCC1.CN.O=CCCCOCCCCO.[V]. The second-order valence-electron chi connectivity index (χ2n) is 5.51. The molecular formula is C18H37NO4V. The summed E-state index contributed by atoms with van der Waals surface area (Å²) in [4.78, 5) is 21.0. The van der Waals surface area contributed by atoms with Gasteiger partial charge in [0.2, 0.25) is 0 Å². The van der Waals surface area contributed by atoms with E-state index in [0.717, 1.165) is 44.8 Å². The topological polar surface area (TPSA) is 89.6 Å². The van der Waals surface area contributed by atoms with E-state index >= 15 is 0 Å². The van der Waals surface area contributed by atoms with E-state index < -0.39 is 0 Å². The molecule has 0 atom stereocenters. The fourth-order valence-electron chi connectivity index (χ4n) is 2.40. The van der Waals surface area contributed by atoms with Crippen molar-refractivity contribution in [3.8, 4) is 0 Å². The van der Waals surface area contributed by atoms with E-state index in [9.17, 15) is 9.59 Å². The summed E-state index contributed by atoms with van der Waals surface area (Å²) in [5, 5.41) is 8.41. The number of nitrogens with two attached hydrogens (primary N) is 1. The fourth-order valence-corrected chi connectivity index (χ4v) is 2.40. The molecule has 0 aliphatic heterocycles. The van der Waals surface area contributed by atoms with Crippen LogP contribution >= 0.6 is 0 Å². The molecule has 0 heterocycles. The van der Waals surface area contributed by atoms with Gasteiger partial charge in [0.15, 0.2) is 0 Å². The summed E-state index contributed by atoms with van der Waals surface area (Å²) < 4.78 is 5.17. The van der Waals surface area contributed by atoms with Crippen molar-refractivity contribution in [2.24, 2.45) is 11.7 Å². The van der Waals surface area contributed by atoms with Gasteiger partial charge in [-0.3, -0.25) is 4.79 Å². The summed E-state index contributed by atoms with van der Waals surface area (Å²) in [5.41, 5.74) is 4.50. The van der Waals surface area contributed by atoms with Gasteiger partial charge in [-0.1, -0.05) is 26.2 Å². The van der Waals surface area contributed by atoms with Crippen molar-refractivity contribution >= 4 is 12.1 Å². The number of rotatable bonds is 10. The van der Waals surface area contributed by atoms with Crippen LogP contribution in [0.4, 0.5) is 0 Å². The molecule has 1 fully saturated rings. The number of ketones is 1. The normalized spacial score (nSPS) is 13.5. The average Bonchev–Trinajstić information content (AvgIpc) is 2.63. The number of hydrogen-bond donors (Lipinski definition) is 2. The molecule has 1 aliphatic rings. The standard InChI is InChI=1S/C9H16O.C8H16O3.CH5N.V/c1-2-9(10)8-6-4-3-5-7-8;9-5-1-3-7-11-8-4-2-6-10;1-2;/h8H,2-7H2,1H3;5,10H,1-4,6-8H2;2H2,1H3;. The Morgan fingerprint density at radius 1 is 1.12 bits per heavy atom. The van der Waals surface area contributed by atoms with Crippen molar-refractivity contribution in [2.75, 3.05) is 26.9 Å². The van der Waals surface area contributed by atoms with Crippen LogP contribution in [0.15, 0.2) is 0 Å². The first-order valence-electron chi connectivity index (χ1n) is 8.98. The third-order valence-electron chi connectivity index (χ3n) is 3.72. The Balaban J connectivity index is -0.000000321. The number of carbonyl (C=O) groups is 2. The van der Waals surface area contributed by atoms with E-state index in [-0.39, 0.29) is 25.2 Å². The molecule has 0 saturated heterocycles. The monoisotopic (exact) mass is 382 g/mol. The average molecular weight is 382 g/mol. The van der Waals surface area contributed by atoms with Crippen molar-refractivity contribution < 1.29 is 38.0 Å². The van der Waals surface area contributed by atoms with Gasteiger partial charge >= 0.3 is 0 Å². The first-order chi connectivity index (χ1) is 11.3. The molecule has 3 N–H and O–H groups in total. The Hall–Kier alpha value is -0.196. The quantitative estimate of drug-likeness (QED) is 0.448. The molecule has 1 aliphatic carbocycles. The zero-order valence-corrected chi connectivity index (χ0v) is 16.9. The third-order valence-corrected chi connectivity index (χ3v) is 3.72. The molecule has 0 bridgehead atoms. The van der Waals surface area contributed by atoms with Crippen LogP contribution in [0.1, 0.15) is 71.1 Å². The van der Waals surface area contributed by atoms with Gasteiger partial charge in [-0.05, 0) is 39.2 Å². The number of aldehydes is 1. The summed E-state index contributed by atoms with van der Waals surface area (Å²) in [5.74, 6) is 0.915. The van der Waals surface area contributed by atoms with Crippen molar-refractivity contribution in [3.63, 3.8) is 0 Å². The molecule has 1 radical (unpaired) electrons. The predicted octanol–water partition coefficient (Wildman–Crippen LogP) is 2.87. The Morgan fingerprint density at radius 2 is 1.71 bits per heavy atom. The number of carbonyl (C=O) groups excluding carboxylic acids is 2. The number of ether oxygens (including phenoxy) is 1. The van der Waals surface area contributed by atoms with E-state index in [4.69, 9.17) is 9.84 Å². The Kier molecular flexibility index (Phi) is 29.9. The zero-order chi connectivity index (χ0) is 17.8. The molecular weight excluding hydrogens is 345 g/mol. The molecule has 143 valence electrons. The molecule has 24 heavy (non-hydrogen) atoms. The maximum Gasteiger partial charge on any atom is 0.135 e. The van der Waals surface area contributed by atoms with Crippen LogP contribution in [0.25, 0.3) is 0 Å². The summed E-state index contributed by atoms with van der Waals surface area (Å²) >= 11 is 0. The van der Waals surface area contributed by atoms with E-state index in [1.54, 1.807) is 0 Å². The first kappa shape index (κ1) is 28.6. The summed E-state index contributed by atoms with van der Waals surface area (Å²) in [6.07, 6.45) is 10.9. The van der Waals surface area contributed by atoms with Gasteiger partial charge in [0.1, 0.15) is 12.1 Å². The maximum atomic E-state index is 11.2. The molecule has 0 unspecified atom stereocenters. The van der Waals surface area contributed by atoms with Gasteiger partial charge in [0.25, 0.3) is 0 Å². The van der Waals surface area contributed by atoms with Crippen LogP contribution in [0, 0.1) is 5.92 Å². The zero-order valence-electron chi connectivity index (χ0n) is 15.5. The van der Waals surface area contributed by atoms with E-state index in [1.165, 1.54) is 26.3 Å². The molecule has 0 aromatic rings. The number of aliphatic hydroxyl groups is 1. The van der Waals surface area contributed by atoms with Crippen LogP contribution in [0.3, 0.4) is 0 Å². The fraction of sp³-hybridized carbons (Fsp3) is 0.889. The predicted molar refractivity (Wildman–Crippen MR) is 94.4 cm³/mol. The Bertz CT molecular complexity index is 259. The molecule has 0 spiro atoms. The first-order valence-corrected chi connectivity index (χ1v) is 8.98. The molecule has 0 aromatic carbocycles. The van der Waals surface area contributed by atoms with Gasteiger partial charge in [-0.15, -0.1) is 0 Å². The second-order valence-corrected chi connectivity index (χ2v) is 5.51. The molecule has 0 aromatic heterocycles. The minimum absolute atomic E-state index is 0. The smallest absolute Gasteiger partial charge is 0.135 e. The van der Waals surface area contributed by atoms with Crippen LogP contribution in [-0.2, 0) is 32.9 Å². The molecule has 1 saturated carbocycles. The van der Waals surface area contributed by atoms with Crippen molar-refractivity contribution in [1.82, 2.24) is 0 Å². The van der Waals surface area contributed by atoms with Gasteiger partial charge in [-0.2, -0.15) is 0 Å². The van der Waals surface area contributed by atoms with E-state index in [2.05, 4.69) is 5.73 Å². The minimum atomic E-state index is 0. The van der Waals surface area contributed by atoms with Crippen molar-refractivity contribution in [3.05, 3.63) is 0 Å². The van der Waals surface area contributed by atoms with Crippen LogP contribution < -0.4 is 5.73 Å². The molecule has 6 heteroatoms. The molecule has 5 nitrogen and oxygen atoms in total. The Labute approximate surface area is 160 Å². The van der Waals surface area contributed by atoms with Crippen LogP contribution in [0.5, 0.6) is 0 Å². The number of Topliss-reactive ketones (excluding diaryl/α,β-unsaturated/α-hetero) is 1. The van der Waals surface area contributed by atoms with Crippen molar-refractivity contribution in [2.45, 2.75) is 71.1 Å². The summed E-state index contributed by atoms with van der Waals surface area (Å²) in [7, 11) is 1.50. The van der Waals surface area contributed by atoms with Gasteiger partial charge in [0, 0.05) is 57.1 Å². The second kappa shape index (κ2) is 25.0. The number of aliphatic hydroxyl groups excluding tert-OH is 1.